The van der Waals surface area contributed by atoms with Gasteiger partial charge >= 0.3 is 0 Å². The van der Waals surface area contributed by atoms with Crippen molar-refractivity contribution in [3.05, 3.63) is 188 Å². The molecule has 3 heterocycles. The zero-order chi connectivity index (χ0) is 36.7. The Bertz CT molecular complexity index is 3330. The highest BCUT2D eigenvalue weighted by Crippen LogP contribution is 2.45. The van der Waals surface area contributed by atoms with Crippen LogP contribution in [-0.4, -0.2) is 9.55 Å². The van der Waals surface area contributed by atoms with Crippen molar-refractivity contribution in [2.75, 3.05) is 4.90 Å². The van der Waals surface area contributed by atoms with Crippen LogP contribution in [0.1, 0.15) is 0 Å². The van der Waals surface area contributed by atoms with Gasteiger partial charge in [-0.2, -0.15) is 0 Å². The van der Waals surface area contributed by atoms with Crippen LogP contribution >= 0.6 is 22.7 Å². The molecular weight excluding hydrogens is 719 g/mol. The lowest BCUT2D eigenvalue weighted by molar-refractivity contribution is 1.10. The number of fused-ring (bicyclic) bond motifs is 11. The molecule has 0 N–H and O–H groups in total. The molecule has 0 fully saturated rings. The van der Waals surface area contributed by atoms with Gasteiger partial charge in [-0.15, -0.1) is 22.7 Å². The summed E-state index contributed by atoms with van der Waals surface area (Å²) in [7, 11) is 0. The maximum atomic E-state index is 5.16. The predicted molar refractivity (Wildman–Crippen MR) is 242 cm³/mol. The minimum atomic E-state index is 0.924. The SMILES string of the molecule is c1ccc(-n2c(-c3ccc(N(c4ccc5c(c4)sc4ccc6ccccc6c45)c4ccc5c(c4)sc4ccc6ccccc6c45)cc3)nc3ccccc32)cc1. The van der Waals surface area contributed by atoms with Crippen molar-refractivity contribution in [3.63, 3.8) is 0 Å². The lowest BCUT2D eigenvalue weighted by atomic mass is 10.0. The summed E-state index contributed by atoms with van der Waals surface area (Å²) < 4.78 is 7.45. The fourth-order valence-electron chi connectivity index (χ4n) is 8.61. The Morgan fingerprint density at radius 1 is 0.411 bits per heavy atom. The molecule has 0 aliphatic rings. The first kappa shape index (κ1) is 31.5. The molecule has 12 aromatic rings. The molecule has 3 nitrogen and oxygen atoms in total. The molecule has 0 amide bonds. The van der Waals surface area contributed by atoms with E-state index in [1.165, 1.54) is 61.9 Å². The first-order chi connectivity index (χ1) is 27.7. The van der Waals surface area contributed by atoms with Crippen LogP contribution in [-0.2, 0) is 0 Å². The molecule has 0 aliphatic carbocycles. The summed E-state index contributed by atoms with van der Waals surface area (Å²) in [6, 6.07) is 68.3. The van der Waals surface area contributed by atoms with Crippen LogP contribution in [0.2, 0.25) is 0 Å². The van der Waals surface area contributed by atoms with Gasteiger partial charge in [0.15, 0.2) is 0 Å². The van der Waals surface area contributed by atoms with E-state index in [0.29, 0.717) is 0 Å². The van der Waals surface area contributed by atoms with Crippen molar-refractivity contribution in [2.24, 2.45) is 0 Å². The van der Waals surface area contributed by atoms with Gasteiger partial charge in [0.25, 0.3) is 0 Å². The third-order valence-electron chi connectivity index (χ3n) is 11.2. The Hall–Kier alpha value is -6.79. The van der Waals surface area contributed by atoms with Crippen LogP contribution in [0.3, 0.4) is 0 Å². The number of rotatable bonds is 5. The maximum Gasteiger partial charge on any atom is 0.145 e. The molecule has 0 saturated carbocycles. The fraction of sp³-hybridized carbons (Fsp3) is 0. The van der Waals surface area contributed by atoms with Crippen molar-refractivity contribution in [3.8, 4) is 17.1 Å². The molecule has 0 saturated heterocycles. The van der Waals surface area contributed by atoms with Gasteiger partial charge in [0.05, 0.1) is 11.0 Å². The van der Waals surface area contributed by atoms with E-state index < -0.39 is 0 Å². The molecule has 9 aromatic carbocycles. The van der Waals surface area contributed by atoms with Gasteiger partial charge in [-0.05, 0) is 106 Å². The van der Waals surface area contributed by atoms with E-state index in [1.54, 1.807) is 0 Å². The van der Waals surface area contributed by atoms with Crippen LogP contribution in [0.4, 0.5) is 17.1 Å². The minimum Gasteiger partial charge on any atom is -0.310 e. The van der Waals surface area contributed by atoms with Crippen LogP contribution in [0.15, 0.2) is 188 Å². The Morgan fingerprint density at radius 3 is 1.57 bits per heavy atom. The fourth-order valence-corrected chi connectivity index (χ4v) is 10.9. The second-order valence-corrected chi connectivity index (χ2v) is 16.5. The number of aromatic nitrogens is 2. The van der Waals surface area contributed by atoms with Gasteiger partial charge < -0.3 is 4.90 Å². The van der Waals surface area contributed by atoms with Gasteiger partial charge in [-0.25, -0.2) is 4.98 Å². The number of para-hydroxylation sites is 3. The lowest BCUT2D eigenvalue weighted by Gasteiger charge is -2.26. The molecule has 0 radical (unpaired) electrons. The van der Waals surface area contributed by atoms with E-state index >= 15 is 0 Å². The topological polar surface area (TPSA) is 21.1 Å². The first-order valence-electron chi connectivity index (χ1n) is 18.9. The van der Waals surface area contributed by atoms with Crippen molar-refractivity contribution < 1.29 is 0 Å². The predicted octanol–water partition coefficient (Wildman–Crippen LogP) is 15.2. The van der Waals surface area contributed by atoms with Crippen molar-refractivity contribution in [2.45, 2.75) is 0 Å². The molecule has 12 rings (SSSR count). The Labute approximate surface area is 330 Å². The molecule has 262 valence electrons. The van der Waals surface area contributed by atoms with Gasteiger partial charge in [-0.3, -0.25) is 4.57 Å². The van der Waals surface area contributed by atoms with Crippen molar-refractivity contribution >= 4 is 113 Å². The number of imidazole rings is 1. The summed E-state index contributed by atoms with van der Waals surface area (Å²) in [5.41, 5.74) is 7.57. The number of benzene rings is 9. The van der Waals surface area contributed by atoms with Crippen LogP contribution in [0.25, 0.3) is 90.0 Å². The van der Waals surface area contributed by atoms with Crippen molar-refractivity contribution in [1.82, 2.24) is 9.55 Å². The largest absolute Gasteiger partial charge is 0.310 e. The molecule has 3 aromatic heterocycles. The van der Waals surface area contributed by atoms with Gasteiger partial charge in [-0.1, -0.05) is 103 Å². The highest BCUT2D eigenvalue weighted by molar-refractivity contribution is 7.26. The van der Waals surface area contributed by atoms with Gasteiger partial charge in [0.2, 0.25) is 0 Å². The van der Waals surface area contributed by atoms with E-state index in [9.17, 15) is 0 Å². The molecule has 56 heavy (non-hydrogen) atoms. The standard InChI is InChI=1S/C51H31N3S2/c1-2-12-35(13-3-1)54-44-17-9-8-16-43(44)52-51(54)34-18-22-36(23-19-34)53(37-24-26-41-47(30-37)55-45-28-20-32-10-4-6-14-39(32)49(41)45)38-25-27-42-48(31-38)56-46-29-21-33-11-5-7-15-40(33)50(42)46/h1-31H. The van der Waals surface area contributed by atoms with E-state index in [4.69, 9.17) is 4.98 Å². The van der Waals surface area contributed by atoms with E-state index in [2.05, 4.69) is 198 Å². The first-order valence-corrected chi connectivity index (χ1v) is 20.5. The molecule has 0 atom stereocenters. The van der Waals surface area contributed by atoms with Gasteiger partial charge in [0.1, 0.15) is 5.82 Å². The Balaban J connectivity index is 1.04. The zero-order valence-electron chi connectivity index (χ0n) is 30.1. The summed E-state index contributed by atoms with van der Waals surface area (Å²) in [5, 5.41) is 10.4. The summed E-state index contributed by atoms with van der Waals surface area (Å²) >= 11 is 3.74. The van der Waals surface area contributed by atoms with E-state index in [1.807, 2.05) is 22.7 Å². The molecule has 5 heteroatoms. The molecule has 0 bridgehead atoms. The minimum absolute atomic E-state index is 0.924. The van der Waals surface area contributed by atoms with Gasteiger partial charge in [0, 0.05) is 68.7 Å². The summed E-state index contributed by atoms with van der Waals surface area (Å²) in [6.07, 6.45) is 0. The third kappa shape index (κ3) is 4.85. The number of hydrogen-bond acceptors (Lipinski definition) is 4. The van der Waals surface area contributed by atoms with Crippen molar-refractivity contribution in [1.29, 1.82) is 0 Å². The normalized spacial score (nSPS) is 11.9. The average Bonchev–Trinajstić information content (AvgIpc) is 3.96. The molecule has 0 spiro atoms. The Kier molecular flexibility index (Phi) is 6.97. The quantitative estimate of drug-likeness (QED) is 0.175. The average molecular weight is 750 g/mol. The monoisotopic (exact) mass is 749 g/mol. The van der Waals surface area contributed by atoms with Crippen LogP contribution in [0.5, 0.6) is 0 Å². The smallest absolute Gasteiger partial charge is 0.145 e. The molecule has 0 unspecified atom stereocenters. The summed E-state index contributed by atoms with van der Waals surface area (Å²) in [6.45, 7) is 0. The van der Waals surface area contributed by atoms with E-state index in [-0.39, 0.29) is 0 Å². The molecular formula is C51H31N3S2. The Morgan fingerprint density at radius 2 is 0.946 bits per heavy atom. The summed E-state index contributed by atoms with van der Waals surface area (Å²) in [5.74, 6) is 0.924. The number of anilines is 3. The number of hydrogen-bond donors (Lipinski definition) is 0. The number of thiophene rings is 2. The second-order valence-electron chi connectivity index (χ2n) is 14.4. The van der Waals surface area contributed by atoms with E-state index in [0.717, 1.165) is 45.2 Å². The number of nitrogens with zero attached hydrogens (tertiary/aromatic N) is 3. The maximum absolute atomic E-state index is 5.16. The highest BCUT2D eigenvalue weighted by Gasteiger charge is 2.20. The second kappa shape index (κ2) is 12.4. The highest BCUT2D eigenvalue weighted by atomic mass is 32.1. The zero-order valence-corrected chi connectivity index (χ0v) is 31.7. The molecule has 0 aliphatic heterocycles. The van der Waals surface area contributed by atoms with Crippen LogP contribution in [0, 0.1) is 0 Å². The lowest BCUT2D eigenvalue weighted by Crippen LogP contribution is -2.09. The summed E-state index contributed by atoms with van der Waals surface area (Å²) in [4.78, 5) is 7.57. The van der Waals surface area contributed by atoms with Crippen LogP contribution < -0.4 is 4.90 Å². The third-order valence-corrected chi connectivity index (χ3v) is 13.4.